The Labute approximate surface area is 206 Å². The molecule has 1 N–H and O–H groups in total. The fourth-order valence-corrected chi connectivity index (χ4v) is 4.74. The van der Waals surface area contributed by atoms with E-state index in [-0.39, 0.29) is 18.7 Å². The molecule has 3 aromatic rings. The molecule has 0 bridgehead atoms. The van der Waals surface area contributed by atoms with E-state index < -0.39 is 0 Å². The summed E-state index contributed by atoms with van der Waals surface area (Å²) in [5.41, 5.74) is 4.05. The van der Waals surface area contributed by atoms with Gasteiger partial charge < -0.3 is 24.4 Å². The number of benzene rings is 3. The van der Waals surface area contributed by atoms with E-state index in [1.807, 2.05) is 55.5 Å². The fourth-order valence-electron chi connectivity index (χ4n) is 4.74. The number of ether oxygens (including phenoxy) is 3. The van der Waals surface area contributed by atoms with Crippen molar-refractivity contribution in [1.29, 1.82) is 0 Å². The zero-order chi connectivity index (χ0) is 24.2. The summed E-state index contributed by atoms with van der Waals surface area (Å²) in [6, 6.07) is 22.0. The summed E-state index contributed by atoms with van der Waals surface area (Å²) in [4.78, 5) is 17.7. The molecule has 2 aliphatic rings. The Morgan fingerprint density at radius 3 is 2.49 bits per heavy atom. The highest BCUT2D eigenvalue weighted by atomic mass is 16.7. The van der Waals surface area contributed by atoms with E-state index in [0.29, 0.717) is 12.1 Å². The lowest BCUT2D eigenvalue weighted by Crippen LogP contribution is -2.50. The van der Waals surface area contributed by atoms with E-state index in [1.165, 1.54) is 5.69 Å². The van der Waals surface area contributed by atoms with Crippen LogP contribution >= 0.6 is 0 Å². The number of rotatable bonds is 7. The van der Waals surface area contributed by atoms with E-state index in [9.17, 15) is 4.79 Å². The third-order valence-corrected chi connectivity index (χ3v) is 6.71. The Morgan fingerprint density at radius 1 is 0.971 bits per heavy atom. The number of nitrogens with one attached hydrogen (secondary N) is 1. The first-order valence-corrected chi connectivity index (χ1v) is 12.0. The molecular weight excluding hydrogens is 442 g/mol. The summed E-state index contributed by atoms with van der Waals surface area (Å²) in [7, 11) is 1.68. The Bertz CT molecular complexity index is 1170. The minimum absolute atomic E-state index is 0.0243. The maximum Gasteiger partial charge on any atom is 0.251 e. The molecule has 0 unspecified atom stereocenters. The summed E-state index contributed by atoms with van der Waals surface area (Å²) in [5, 5.41) is 3.17. The molecule has 182 valence electrons. The van der Waals surface area contributed by atoms with Crippen molar-refractivity contribution in [2.45, 2.75) is 13.0 Å². The van der Waals surface area contributed by atoms with Gasteiger partial charge in [0.05, 0.1) is 13.2 Å². The van der Waals surface area contributed by atoms with Gasteiger partial charge in [-0.25, -0.2) is 0 Å². The number of aryl methyl sites for hydroxylation is 1. The highest BCUT2D eigenvalue weighted by Gasteiger charge is 2.27. The van der Waals surface area contributed by atoms with Gasteiger partial charge in [-0.1, -0.05) is 23.8 Å². The fraction of sp³-hybridized carbons (Fsp3) is 0.321. The van der Waals surface area contributed by atoms with Crippen molar-refractivity contribution in [3.63, 3.8) is 0 Å². The van der Waals surface area contributed by atoms with Crippen LogP contribution in [0.2, 0.25) is 0 Å². The number of carbonyl (C=O) groups excluding carboxylic acids is 1. The summed E-state index contributed by atoms with van der Waals surface area (Å²) in [6.45, 7) is 6.31. The maximum absolute atomic E-state index is 12.9. The summed E-state index contributed by atoms with van der Waals surface area (Å²) >= 11 is 0. The van der Waals surface area contributed by atoms with Crippen LogP contribution in [-0.4, -0.2) is 57.4 Å². The molecular formula is C28H31N3O4. The standard InChI is InChI=1S/C28H31N3O4/c1-20-4-3-5-22(16-20)28(32)29-18-25(21-6-11-26-27(17-21)35-19-34-26)31-14-12-30(13-15-31)23-7-9-24(33-2)10-8-23/h3-11,16-17,25H,12-15,18-19H2,1-2H3,(H,29,32)/t25-/m1/s1. The average molecular weight is 474 g/mol. The monoisotopic (exact) mass is 473 g/mol. The minimum atomic E-state index is -0.0590. The van der Waals surface area contributed by atoms with E-state index >= 15 is 0 Å². The lowest BCUT2D eigenvalue weighted by atomic mass is 10.0. The second kappa shape index (κ2) is 10.3. The SMILES string of the molecule is COc1ccc(N2CCN([C@H](CNC(=O)c3cccc(C)c3)c3ccc4c(c3)OCO4)CC2)cc1. The van der Waals surface area contributed by atoms with E-state index in [0.717, 1.165) is 54.6 Å². The van der Waals surface area contributed by atoms with E-state index in [4.69, 9.17) is 14.2 Å². The first-order chi connectivity index (χ1) is 17.1. The van der Waals surface area contributed by atoms with Gasteiger partial charge in [0.1, 0.15) is 5.75 Å². The molecule has 35 heavy (non-hydrogen) atoms. The van der Waals surface area contributed by atoms with Crippen molar-refractivity contribution >= 4 is 11.6 Å². The van der Waals surface area contributed by atoms with Gasteiger partial charge in [0.15, 0.2) is 11.5 Å². The van der Waals surface area contributed by atoms with Gasteiger partial charge >= 0.3 is 0 Å². The van der Waals surface area contributed by atoms with Crippen molar-refractivity contribution in [2.24, 2.45) is 0 Å². The van der Waals surface area contributed by atoms with E-state index in [1.54, 1.807) is 7.11 Å². The van der Waals surface area contributed by atoms with Crippen LogP contribution in [0.1, 0.15) is 27.5 Å². The van der Waals surface area contributed by atoms with Crippen LogP contribution < -0.4 is 24.4 Å². The van der Waals surface area contributed by atoms with Gasteiger partial charge in [-0.3, -0.25) is 9.69 Å². The molecule has 2 heterocycles. The van der Waals surface area contributed by atoms with Gasteiger partial charge in [-0.2, -0.15) is 0 Å². The minimum Gasteiger partial charge on any atom is -0.497 e. The Balaban J connectivity index is 1.31. The van der Waals surface area contributed by atoms with Crippen LogP contribution in [0.3, 0.4) is 0 Å². The van der Waals surface area contributed by atoms with Gasteiger partial charge in [-0.15, -0.1) is 0 Å². The van der Waals surface area contributed by atoms with Gasteiger partial charge in [0.25, 0.3) is 5.91 Å². The van der Waals surface area contributed by atoms with Gasteiger partial charge in [0.2, 0.25) is 6.79 Å². The third-order valence-electron chi connectivity index (χ3n) is 6.71. The van der Waals surface area contributed by atoms with Crippen LogP contribution in [0.25, 0.3) is 0 Å². The molecule has 1 fully saturated rings. The molecule has 1 saturated heterocycles. The molecule has 7 nitrogen and oxygen atoms in total. The van der Waals surface area contributed by atoms with Crippen LogP contribution in [0, 0.1) is 6.92 Å². The molecule has 0 aromatic heterocycles. The highest BCUT2D eigenvalue weighted by molar-refractivity contribution is 5.94. The Kier molecular flexibility index (Phi) is 6.77. The summed E-state index contributed by atoms with van der Waals surface area (Å²) in [5.74, 6) is 2.32. The van der Waals surface area contributed by atoms with Crippen molar-refractivity contribution in [3.8, 4) is 17.2 Å². The van der Waals surface area contributed by atoms with Gasteiger partial charge in [0, 0.05) is 44.0 Å². The second-order valence-electron chi connectivity index (χ2n) is 8.93. The zero-order valence-corrected chi connectivity index (χ0v) is 20.2. The molecule has 5 rings (SSSR count). The molecule has 3 aromatic carbocycles. The smallest absolute Gasteiger partial charge is 0.251 e. The lowest BCUT2D eigenvalue weighted by molar-refractivity contribution is 0.0930. The zero-order valence-electron chi connectivity index (χ0n) is 20.2. The number of anilines is 1. The summed E-state index contributed by atoms with van der Waals surface area (Å²) < 4.78 is 16.4. The van der Waals surface area contributed by atoms with Gasteiger partial charge in [-0.05, 0) is 61.0 Å². The topological polar surface area (TPSA) is 63.3 Å². The predicted octanol–water partition coefficient (Wildman–Crippen LogP) is 4.03. The molecule has 1 atom stereocenters. The van der Waals surface area contributed by atoms with Crippen molar-refractivity contribution in [2.75, 3.05) is 51.5 Å². The average Bonchev–Trinajstić information content (AvgIpc) is 3.37. The normalized spacial score (nSPS) is 16.1. The molecule has 0 radical (unpaired) electrons. The number of fused-ring (bicyclic) bond motifs is 1. The number of hydrogen-bond acceptors (Lipinski definition) is 6. The summed E-state index contributed by atoms with van der Waals surface area (Å²) in [6.07, 6.45) is 0. The number of hydrogen-bond donors (Lipinski definition) is 1. The first kappa shape index (κ1) is 23.1. The number of amides is 1. The van der Waals surface area contributed by atoms with Crippen LogP contribution in [-0.2, 0) is 0 Å². The first-order valence-electron chi connectivity index (χ1n) is 12.0. The number of methoxy groups -OCH3 is 1. The van der Waals surface area contributed by atoms with Crippen molar-refractivity contribution < 1.29 is 19.0 Å². The molecule has 0 spiro atoms. The van der Waals surface area contributed by atoms with Crippen molar-refractivity contribution in [1.82, 2.24) is 10.2 Å². The van der Waals surface area contributed by atoms with Crippen molar-refractivity contribution in [3.05, 3.63) is 83.4 Å². The third kappa shape index (κ3) is 5.20. The number of nitrogens with zero attached hydrogens (tertiary/aromatic N) is 2. The number of piperazine rings is 1. The molecule has 1 amide bonds. The quantitative estimate of drug-likeness (QED) is 0.559. The van der Waals surface area contributed by atoms with Crippen LogP contribution in [0.5, 0.6) is 17.2 Å². The maximum atomic E-state index is 12.9. The largest absolute Gasteiger partial charge is 0.497 e. The lowest BCUT2D eigenvalue weighted by Gasteiger charge is -2.40. The molecule has 7 heteroatoms. The molecule has 2 aliphatic heterocycles. The Hall–Kier alpha value is -3.71. The number of carbonyl (C=O) groups is 1. The molecule has 0 aliphatic carbocycles. The van der Waals surface area contributed by atoms with Crippen LogP contribution in [0.15, 0.2) is 66.7 Å². The predicted molar refractivity (Wildman–Crippen MR) is 136 cm³/mol. The molecule has 0 saturated carbocycles. The highest BCUT2D eigenvalue weighted by Crippen LogP contribution is 2.36. The Morgan fingerprint density at radius 2 is 1.74 bits per heavy atom. The van der Waals surface area contributed by atoms with Crippen LogP contribution in [0.4, 0.5) is 5.69 Å². The van der Waals surface area contributed by atoms with E-state index in [2.05, 4.69) is 33.3 Å². The second-order valence-corrected chi connectivity index (χ2v) is 8.93.